The molecule has 0 bridgehead atoms. The number of nitrogens with one attached hydrogen (secondary N) is 2. The van der Waals surface area contributed by atoms with E-state index in [0.717, 1.165) is 5.01 Å². The molecular weight excluding hydrogens is 280 g/mol. The zero-order valence-corrected chi connectivity index (χ0v) is 12.7. The molecule has 0 aromatic carbocycles. The maximum atomic E-state index is 11.6. The third-order valence-electron chi connectivity index (χ3n) is 2.85. The molecule has 112 valence electrons. The predicted octanol–water partition coefficient (Wildman–Crippen LogP) is 2.25. The molecule has 0 aliphatic carbocycles. The molecule has 20 heavy (non-hydrogen) atoms. The lowest BCUT2D eigenvalue weighted by molar-refractivity contribution is -0.137. The Morgan fingerprint density at radius 3 is 2.55 bits per heavy atom. The minimum absolute atomic E-state index is 0.120. The molecule has 0 aliphatic heterocycles. The van der Waals surface area contributed by atoms with Gasteiger partial charge in [0.2, 0.25) is 5.13 Å². The van der Waals surface area contributed by atoms with Crippen molar-refractivity contribution in [2.75, 3.05) is 11.9 Å². The van der Waals surface area contributed by atoms with E-state index in [1.165, 1.54) is 11.3 Å². The number of anilines is 1. The Morgan fingerprint density at radius 1 is 1.30 bits per heavy atom. The van der Waals surface area contributed by atoms with Gasteiger partial charge in [-0.2, -0.15) is 0 Å². The van der Waals surface area contributed by atoms with Gasteiger partial charge in [-0.1, -0.05) is 25.2 Å². The van der Waals surface area contributed by atoms with E-state index in [1.54, 1.807) is 0 Å². The molecule has 1 aromatic heterocycles. The average Bonchev–Trinajstić information content (AvgIpc) is 2.72. The number of aliphatic carboxylic acids is 1. The first-order valence-electron chi connectivity index (χ1n) is 6.35. The number of carboxylic acids is 1. The van der Waals surface area contributed by atoms with Crippen LogP contribution in [0.15, 0.2) is 0 Å². The highest BCUT2D eigenvalue weighted by Gasteiger charge is 2.19. The van der Waals surface area contributed by atoms with Gasteiger partial charge >= 0.3 is 12.0 Å². The third kappa shape index (κ3) is 6.46. The van der Waals surface area contributed by atoms with Crippen molar-refractivity contribution in [3.8, 4) is 0 Å². The van der Waals surface area contributed by atoms with Crippen LogP contribution in [-0.2, 0) is 4.79 Å². The molecule has 1 aromatic rings. The molecular formula is C12H20N4O3S. The molecule has 8 heteroatoms. The van der Waals surface area contributed by atoms with Crippen LogP contribution >= 0.6 is 11.3 Å². The minimum atomic E-state index is -0.796. The van der Waals surface area contributed by atoms with Crippen molar-refractivity contribution < 1.29 is 14.7 Å². The molecule has 3 N–H and O–H groups in total. The fourth-order valence-corrected chi connectivity index (χ4v) is 2.16. The summed E-state index contributed by atoms with van der Waals surface area (Å²) in [7, 11) is 0. The van der Waals surface area contributed by atoms with Gasteiger partial charge in [-0.05, 0) is 25.2 Å². The van der Waals surface area contributed by atoms with Gasteiger partial charge < -0.3 is 10.4 Å². The molecule has 1 rings (SSSR count). The second-order valence-electron chi connectivity index (χ2n) is 5.32. The topological polar surface area (TPSA) is 104 Å². The molecule has 0 saturated carbocycles. The smallest absolute Gasteiger partial charge is 0.321 e. The Hall–Kier alpha value is -1.70. The quantitative estimate of drug-likeness (QED) is 0.716. The van der Waals surface area contributed by atoms with Crippen molar-refractivity contribution in [1.82, 2.24) is 15.5 Å². The van der Waals surface area contributed by atoms with Gasteiger partial charge in [0.1, 0.15) is 5.01 Å². The Bertz CT molecular complexity index is 473. The van der Waals surface area contributed by atoms with Gasteiger partial charge in [0.05, 0.1) is 0 Å². The molecule has 0 unspecified atom stereocenters. The first-order valence-corrected chi connectivity index (χ1v) is 7.17. The number of amides is 2. The largest absolute Gasteiger partial charge is 0.481 e. The Kier molecular flexibility index (Phi) is 5.87. The van der Waals surface area contributed by atoms with Gasteiger partial charge in [0, 0.05) is 13.0 Å². The van der Waals surface area contributed by atoms with Crippen molar-refractivity contribution in [2.45, 2.75) is 40.0 Å². The van der Waals surface area contributed by atoms with E-state index in [1.807, 2.05) is 20.8 Å². The highest BCUT2D eigenvalue weighted by molar-refractivity contribution is 7.15. The zero-order chi connectivity index (χ0) is 15.2. The van der Waals surface area contributed by atoms with Gasteiger partial charge in [0.25, 0.3) is 0 Å². The molecule has 0 spiro atoms. The van der Waals surface area contributed by atoms with Crippen LogP contribution in [0, 0.1) is 12.3 Å². The summed E-state index contributed by atoms with van der Waals surface area (Å²) in [6.45, 7) is 6.27. The minimum Gasteiger partial charge on any atom is -0.481 e. The van der Waals surface area contributed by atoms with Crippen molar-refractivity contribution in [3.05, 3.63) is 5.01 Å². The first kappa shape index (κ1) is 16.4. The fourth-order valence-electron chi connectivity index (χ4n) is 1.57. The zero-order valence-electron chi connectivity index (χ0n) is 11.9. The monoisotopic (exact) mass is 300 g/mol. The fraction of sp³-hybridized carbons (Fsp3) is 0.667. The van der Waals surface area contributed by atoms with Crippen molar-refractivity contribution in [3.63, 3.8) is 0 Å². The Labute approximate surface area is 121 Å². The molecule has 0 radical (unpaired) electrons. The number of aromatic nitrogens is 2. The molecule has 1 heterocycles. The number of carbonyl (C=O) groups is 2. The maximum Gasteiger partial charge on any atom is 0.321 e. The van der Waals surface area contributed by atoms with Crippen molar-refractivity contribution in [2.24, 2.45) is 5.41 Å². The SMILES string of the molecule is Cc1nnc(NC(=O)NCCC(C)(C)CCC(=O)O)s1. The van der Waals surface area contributed by atoms with Crippen LogP contribution in [0.3, 0.4) is 0 Å². The van der Waals surface area contributed by atoms with Crippen molar-refractivity contribution >= 4 is 28.5 Å². The van der Waals surface area contributed by atoms with E-state index in [9.17, 15) is 9.59 Å². The Morgan fingerprint density at radius 2 is 2.00 bits per heavy atom. The molecule has 0 saturated heterocycles. The summed E-state index contributed by atoms with van der Waals surface area (Å²) in [6.07, 6.45) is 1.44. The molecule has 0 fully saturated rings. The number of urea groups is 1. The third-order valence-corrected chi connectivity index (χ3v) is 3.60. The number of nitrogens with zero attached hydrogens (tertiary/aromatic N) is 2. The highest BCUT2D eigenvalue weighted by atomic mass is 32.1. The van der Waals surface area contributed by atoms with Crippen LogP contribution in [0.1, 0.15) is 38.1 Å². The summed E-state index contributed by atoms with van der Waals surface area (Å²) < 4.78 is 0. The number of hydrogen-bond acceptors (Lipinski definition) is 5. The van der Waals surface area contributed by atoms with Crippen molar-refractivity contribution in [1.29, 1.82) is 0 Å². The standard InChI is InChI=1S/C12H20N4O3S/c1-8-15-16-11(20-8)14-10(19)13-7-6-12(2,3)5-4-9(17)18/h4-7H2,1-3H3,(H,17,18)(H2,13,14,16,19). The number of carboxylic acid groups (broad SMARTS) is 1. The van der Waals surface area contributed by atoms with Crippen LogP contribution < -0.4 is 10.6 Å². The lowest BCUT2D eigenvalue weighted by Gasteiger charge is -2.23. The highest BCUT2D eigenvalue weighted by Crippen LogP contribution is 2.26. The molecule has 7 nitrogen and oxygen atoms in total. The number of carbonyl (C=O) groups excluding carboxylic acids is 1. The van der Waals surface area contributed by atoms with E-state index >= 15 is 0 Å². The first-order chi connectivity index (χ1) is 9.28. The summed E-state index contributed by atoms with van der Waals surface area (Å²) in [5.74, 6) is -0.796. The summed E-state index contributed by atoms with van der Waals surface area (Å²) >= 11 is 1.31. The summed E-state index contributed by atoms with van der Waals surface area (Å²) in [6, 6.07) is -0.324. The van der Waals surface area contributed by atoms with E-state index in [4.69, 9.17) is 5.11 Å². The van der Waals surface area contributed by atoms with Gasteiger partial charge in [-0.15, -0.1) is 10.2 Å². The molecule has 2 amide bonds. The lowest BCUT2D eigenvalue weighted by Crippen LogP contribution is -2.32. The number of aryl methyl sites for hydroxylation is 1. The van der Waals surface area contributed by atoms with Gasteiger partial charge in [-0.25, -0.2) is 4.79 Å². The van der Waals surface area contributed by atoms with E-state index in [2.05, 4.69) is 20.8 Å². The van der Waals surface area contributed by atoms with Gasteiger partial charge in [0.15, 0.2) is 0 Å². The van der Waals surface area contributed by atoms with E-state index in [0.29, 0.717) is 24.5 Å². The van der Waals surface area contributed by atoms with E-state index in [-0.39, 0.29) is 17.9 Å². The molecule has 0 aliphatic rings. The summed E-state index contributed by atoms with van der Waals surface area (Å²) in [5, 5.41) is 22.8. The summed E-state index contributed by atoms with van der Waals surface area (Å²) in [4.78, 5) is 22.1. The second-order valence-corrected chi connectivity index (χ2v) is 6.50. The van der Waals surface area contributed by atoms with E-state index < -0.39 is 5.97 Å². The predicted molar refractivity (Wildman–Crippen MR) is 76.9 cm³/mol. The number of rotatable bonds is 7. The van der Waals surface area contributed by atoms with Gasteiger partial charge in [-0.3, -0.25) is 10.1 Å². The van der Waals surface area contributed by atoms with Crippen LogP contribution in [0.5, 0.6) is 0 Å². The van der Waals surface area contributed by atoms with Crippen LogP contribution in [0.4, 0.5) is 9.93 Å². The number of hydrogen-bond donors (Lipinski definition) is 3. The van der Waals surface area contributed by atoms with Crippen LogP contribution in [-0.4, -0.2) is 33.8 Å². The maximum absolute atomic E-state index is 11.6. The molecule has 0 atom stereocenters. The normalized spacial score (nSPS) is 11.2. The lowest BCUT2D eigenvalue weighted by atomic mass is 9.84. The van der Waals surface area contributed by atoms with Crippen LogP contribution in [0.25, 0.3) is 0 Å². The van der Waals surface area contributed by atoms with Crippen LogP contribution in [0.2, 0.25) is 0 Å². The Balaban J connectivity index is 2.25. The summed E-state index contributed by atoms with van der Waals surface area (Å²) in [5.41, 5.74) is -0.120. The average molecular weight is 300 g/mol. The second kappa shape index (κ2) is 7.18.